The number of amides is 2. The minimum absolute atomic E-state index is 0.00984. The molecule has 0 spiro atoms. The molecule has 5 heteroatoms. The molecule has 1 aliphatic heterocycles. The van der Waals surface area contributed by atoms with Crippen molar-refractivity contribution < 1.29 is 9.59 Å². The van der Waals surface area contributed by atoms with Crippen LogP contribution in [0.25, 0.3) is 10.9 Å². The molecular formula is C22H23N3O2. The number of carbonyl (C=O) groups is 2. The van der Waals surface area contributed by atoms with Gasteiger partial charge in [-0.1, -0.05) is 35.9 Å². The first kappa shape index (κ1) is 17.3. The van der Waals surface area contributed by atoms with Crippen molar-refractivity contribution in [1.29, 1.82) is 0 Å². The third kappa shape index (κ3) is 3.45. The van der Waals surface area contributed by atoms with Crippen LogP contribution < -0.4 is 10.2 Å². The largest absolute Gasteiger partial charge is 0.361 e. The minimum Gasteiger partial charge on any atom is -0.361 e. The Morgan fingerprint density at radius 2 is 1.96 bits per heavy atom. The molecule has 1 fully saturated rings. The van der Waals surface area contributed by atoms with Crippen LogP contribution in [-0.2, 0) is 16.0 Å². The van der Waals surface area contributed by atoms with Crippen LogP contribution in [0.2, 0.25) is 0 Å². The monoisotopic (exact) mass is 361 g/mol. The summed E-state index contributed by atoms with van der Waals surface area (Å²) < 4.78 is 0. The highest BCUT2D eigenvalue weighted by atomic mass is 16.2. The maximum absolute atomic E-state index is 12.7. The number of aromatic nitrogens is 1. The Morgan fingerprint density at radius 3 is 2.78 bits per heavy atom. The van der Waals surface area contributed by atoms with Crippen molar-refractivity contribution in [2.24, 2.45) is 0 Å². The van der Waals surface area contributed by atoms with E-state index in [1.54, 1.807) is 4.90 Å². The molecule has 2 amide bonds. The molecule has 5 nitrogen and oxygen atoms in total. The Hall–Kier alpha value is -3.08. The van der Waals surface area contributed by atoms with E-state index in [0.29, 0.717) is 19.4 Å². The number of aromatic amines is 1. The highest BCUT2D eigenvalue weighted by Gasteiger charge is 2.36. The molecule has 1 aliphatic rings. The van der Waals surface area contributed by atoms with Gasteiger partial charge in [0.2, 0.25) is 11.8 Å². The van der Waals surface area contributed by atoms with Crippen molar-refractivity contribution in [2.45, 2.75) is 32.2 Å². The molecule has 0 aliphatic carbocycles. The van der Waals surface area contributed by atoms with Crippen LogP contribution in [0.3, 0.4) is 0 Å². The van der Waals surface area contributed by atoms with E-state index in [-0.39, 0.29) is 11.8 Å². The third-order valence-electron chi connectivity index (χ3n) is 5.20. The molecule has 0 bridgehead atoms. The van der Waals surface area contributed by atoms with Crippen LogP contribution in [0.5, 0.6) is 0 Å². The molecule has 1 aromatic heterocycles. The maximum Gasteiger partial charge on any atom is 0.243 e. The number of aryl methyl sites for hydroxylation is 1. The predicted octanol–water partition coefficient (Wildman–Crippen LogP) is 3.33. The van der Waals surface area contributed by atoms with Gasteiger partial charge in [0, 0.05) is 35.8 Å². The van der Waals surface area contributed by atoms with Crippen molar-refractivity contribution in [3.05, 3.63) is 65.9 Å². The number of nitrogens with one attached hydrogen (secondary N) is 2. The number of H-pyrrole nitrogens is 1. The van der Waals surface area contributed by atoms with Crippen LogP contribution in [0.15, 0.2) is 54.7 Å². The lowest BCUT2D eigenvalue weighted by Crippen LogP contribution is -2.45. The SMILES string of the molecule is Cc1ccc(N2C(=O)CCC2C(=O)NCCc2c[nH]c3ccccc23)cc1. The van der Waals surface area contributed by atoms with E-state index in [0.717, 1.165) is 23.2 Å². The van der Waals surface area contributed by atoms with Crippen molar-refractivity contribution in [1.82, 2.24) is 10.3 Å². The second-order valence-corrected chi connectivity index (χ2v) is 7.05. The summed E-state index contributed by atoms with van der Waals surface area (Å²) in [5.41, 5.74) is 4.21. The summed E-state index contributed by atoms with van der Waals surface area (Å²) in [5, 5.41) is 4.20. The Bertz CT molecular complexity index is 975. The van der Waals surface area contributed by atoms with Crippen molar-refractivity contribution in [3.8, 4) is 0 Å². The summed E-state index contributed by atoms with van der Waals surface area (Å²) in [6.07, 6.45) is 3.72. The van der Waals surface area contributed by atoms with E-state index in [9.17, 15) is 9.59 Å². The zero-order valence-corrected chi connectivity index (χ0v) is 15.4. The number of fused-ring (bicyclic) bond motifs is 1. The average Bonchev–Trinajstić information content (AvgIpc) is 3.26. The fraction of sp³-hybridized carbons (Fsp3) is 0.273. The molecular weight excluding hydrogens is 338 g/mol. The highest BCUT2D eigenvalue weighted by Crippen LogP contribution is 2.27. The van der Waals surface area contributed by atoms with Gasteiger partial charge in [0.25, 0.3) is 0 Å². The lowest BCUT2D eigenvalue weighted by atomic mass is 10.1. The maximum atomic E-state index is 12.7. The van der Waals surface area contributed by atoms with Gasteiger partial charge >= 0.3 is 0 Å². The van der Waals surface area contributed by atoms with Crippen LogP contribution in [0.1, 0.15) is 24.0 Å². The molecule has 0 radical (unpaired) electrons. The summed E-state index contributed by atoms with van der Waals surface area (Å²) in [6, 6.07) is 15.5. The van der Waals surface area contributed by atoms with Gasteiger partial charge in [-0.25, -0.2) is 0 Å². The first-order chi connectivity index (χ1) is 13.1. The van der Waals surface area contributed by atoms with Gasteiger partial charge in [-0.3, -0.25) is 14.5 Å². The van der Waals surface area contributed by atoms with Gasteiger partial charge in [-0.15, -0.1) is 0 Å². The number of hydrogen-bond donors (Lipinski definition) is 2. The molecule has 1 saturated heterocycles. The molecule has 2 aromatic carbocycles. The lowest BCUT2D eigenvalue weighted by molar-refractivity contribution is -0.123. The van der Waals surface area contributed by atoms with E-state index >= 15 is 0 Å². The molecule has 2 N–H and O–H groups in total. The number of carbonyl (C=O) groups excluding carboxylic acids is 2. The number of nitrogens with zero attached hydrogens (tertiary/aromatic N) is 1. The Balaban J connectivity index is 1.41. The lowest BCUT2D eigenvalue weighted by Gasteiger charge is -2.24. The van der Waals surface area contributed by atoms with Crippen LogP contribution in [-0.4, -0.2) is 29.4 Å². The third-order valence-corrected chi connectivity index (χ3v) is 5.20. The molecule has 2 heterocycles. The topological polar surface area (TPSA) is 65.2 Å². The van der Waals surface area contributed by atoms with E-state index < -0.39 is 6.04 Å². The molecule has 1 atom stereocenters. The molecule has 138 valence electrons. The minimum atomic E-state index is -0.428. The smallest absolute Gasteiger partial charge is 0.243 e. The fourth-order valence-electron chi connectivity index (χ4n) is 3.74. The van der Waals surface area contributed by atoms with Gasteiger partial charge in [-0.2, -0.15) is 0 Å². The number of hydrogen-bond acceptors (Lipinski definition) is 2. The zero-order chi connectivity index (χ0) is 18.8. The quantitative estimate of drug-likeness (QED) is 0.732. The number of benzene rings is 2. The van der Waals surface area contributed by atoms with E-state index in [1.165, 1.54) is 10.9 Å². The van der Waals surface area contributed by atoms with E-state index in [1.807, 2.05) is 55.6 Å². The molecule has 3 aromatic rings. The number of para-hydroxylation sites is 1. The standard InChI is InChI=1S/C22H23N3O2/c1-15-6-8-17(9-7-15)25-20(10-11-21(25)26)22(27)23-13-12-16-14-24-19-5-3-2-4-18(16)19/h2-9,14,20,24H,10-13H2,1H3,(H,23,27). The summed E-state index contributed by atoms with van der Waals surface area (Å²) in [7, 11) is 0. The molecule has 27 heavy (non-hydrogen) atoms. The van der Waals surface area contributed by atoms with Gasteiger partial charge in [0.15, 0.2) is 0 Å². The van der Waals surface area contributed by atoms with Crippen molar-refractivity contribution in [3.63, 3.8) is 0 Å². The van der Waals surface area contributed by atoms with Gasteiger partial charge in [0.05, 0.1) is 0 Å². The molecule has 0 saturated carbocycles. The summed E-state index contributed by atoms with van der Waals surface area (Å²) in [6.45, 7) is 2.55. The van der Waals surface area contributed by atoms with E-state index in [2.05, 4.69) is 16.4 Å². The number of anilines is 1. The normalized spacial score (nSPS) is 16.9. The summed E-state index contributed by atoms with van der Waals surface area (Å²) in [4.78, 5) is 29.9. The second-order valence-electron chi connectivity index (χ2n) is 7.05. The second kappa shape index (κ2) is 7.27. The zero-order valence-electron chi connectivity index (χ0n) is 15.4. The predicted molar refractivity (Wildman–Crippen MR) is 107 cm³/mol. The highest BCUT2D eigenvalue weighted by molar-refractivity contribution is 6.03. The van der Waals surface area contributed by atoms with Crippen molar-refractivity contribution in [2.75, 3.05) is 11.4 Å². The average molecular weight is 361 g/mol. The van der Waals surface area contributed by atoms with Gasteiger partial charge < -0.3 is 10.3 Å². The van der Waals surface area contributed by atoms with Crippen LogP contribution in [0, 0.1) is 6.92 Å². The Kier molecular flexibility index (Phi) is 4.67. The molecule has 1 unspecified atom stereocenters. The van der Waals surface area contributed by atoms with Crippen LogP contribution >= 0.6 is 0 Å². The fourth-order valence-corrected chi connectivity index (χ4v) is 3.74. The summed E-state index contributed by atoms with van der Waals surface area (Å²) >= 11 is 0. The summed E-state index contributed by atoms with van der Waals surface area (Å²) in [5.74, 6) is -0.0723. The number of rotatable bonds is 5. The first-order valence-electron chi connectivity index (χ1n) is 9.35. The van der Waals surface area contributed by atoms with Gasteiger partial charge in [0.1, 0.15) is 6.04 Å². The molecule has 4 rings (SSSR count). The Labute approximate surface area is 158 Å². The van der Waals surface area contributed by atoms with Crippen LogP contribution in [0.4, 0.5) is 5.69 Å². The first-order valence-corrected chi connectivity index (χ1v) is 9.35. The van der Waals surface area contributed by atoms with Gasteiger partial charge in [-0.05, 0) is 43.5 Å². The van der Waals surface area contributed by atoms with Crippen molar-refractivity contribution >= 4 is 28.4 Å². The van der Waals surface area contributed by atoms with E-state index in [4.69, 9.17) is 0 Å². The Morgan fingerprint density at radius 1 is 1.19 bits per heavy atom.